The van der Waals surface area contributed by atoms with Gasteiger partial charge in [-0.2, -0.15) is 0 Å². The molecule has 1 aliphatic rings. The number of amides is 2. The molecule has 144 valence electrons. The van der Waals surface area contributed by atoms with Crippen LogP contribution in [0.15, 0.2) is 42.9 Å². The van der Waals surface area contributed by atoms with E-state index in [4.69, 9.17) is 5.73 Å². The maximum Gasteiger partial charge on any atom is 0.245 e. The van der Waals surface area contributed by atoms with Gasteiger partial charge in [0.15, 0.2) is 0 Å². The molecule has 0 radical (unpaired) electrons. The number of nitrogens with one attached hydrogen (secondary N) is 1. The Hall–Kier alpha value is -2.67. The number of nitrogens with two attached hydrogens (primary N) is 1. The number of hydrogen-bond donors (Lipinski definition) is 2. The van der Waals surface area contributed by atoms with Crippen molar-refractivity contribution in [2.24, 2.45) is 5.73 Å². The van der Waals surface area contributed by atoms with Crippen molar-refractivity contribution in [2.45, 2.75) is 51.4 Å². The Morgan fingerprint density at radius 1 is 1.33 bits per heavy atom. The summed E-state index contributed by atoms with van der Waals surface area (Å²) in [5, 5.41) is 2.79. The predicted molar refractivity (Wildman–Crippen MR) is 103 cm³/mol. The third-order valence-corrected chi connectivity index (χ3v) is 4.84. The Morgan fingerprint density at radius 2 is 2.07 bits per heavy atom. The third kappa shape index (κ3) is 4.74. The van der Waals surface area contributed by atoms with Crippen LogP contribution in [0.2, 0.25) is 0 Å². The fraction of sp³-hybridized carbons (Fsp3) is 0.450. The third-order valence-electron chi connectivity index (χ3n) is 4.84. The molecule has 0 bridgehead atoms. The lowest BCUT2D eigenvalue weighted by Crippen LogP contribution is -2.49. The van der Waals surface area contributed by atoms with Gasteiger partial charge in [-0.15, -0.1) is 0 Å². The highest BCUT2D eigenvalue weighted by Crippen LogP contribution is 2.14. The lowest BCUT2D eigenvalue weighted by molar-refractivity contribution is -0.134. The lowest BCUT2D eigenvalue weighted by Gasteiger charge is -2.21. The molecular weight excluding hydrogens is 342 g/mol. The molecular formula is C20H27N5O2. The number of imidazole rings is 1. The minimum atomic E-state index is -0.731. The first kappa shape index (κ1) is 19.1. The molecule has 1 aromatic carbocycles. The molecule has 7 heteroatoms. The van der Waals surface area contributed by atoms with E-state index in [-0.39, 0.29) is 17.9 Å². The summed E-state index contributed by atoms with van der Waals surface area (Å²) < 4.78 is 1.97. The van der Waals surface area contributed by atoms with Crippen molar-refractivity contribution in [1.29, 1.82) is 0 Å². The van der Waals surface area contributed by atoms with Gasteiger partial charge in [0.25, 0.3) is 0 Å². The second-order valence-corrected chi connectivity index (χ2v) is 7.31. The lowest BCUT2D eigenvalue weighted by atomic mass is 10.1. The summed E-state index contributed by atoms with van der Waals surface area (Å²) in [6.45, 7) is 5.33. The molecule has 1 saturated heterocycles. The van der Waals surface area contributed by atoms with E-state index >= 15 is 0 Å². The van der Waals surface area contributed by atoms with E-state index in [1.807, 2.05) is 42.8 Å². The van der Waals surface area contributed by atoms with Crippen molar-refractivity contribution < 1.29 is 9.59 Å². The molecule has 2 amide bonds. The molecule has 0 aliphatic carbocycles. The highest BCUT2D eigenvalue weighted by molar-refractivity contribution is 5.91. The Labute approximate surface area is 159 Å². The van der Waals surface area contributed by atoms with Crippen LogP contribution in [0.3, 0.4) is 0 Å². The second-order valence-electron chi connectivity index (χ2n) is 7.31. The van der Waals surface area contributed by atoms with Gasteiger partial charge in [-0.05, 0) is 25.8 Å². The first-order chi connectivity index (χ1) is 12.9. The first-order valence-electron chi connectivity index (χ1n) is 9.35. The second kappa shape index (κ2) is 8.35. The van der Waals surface area contributed by atoms with Crippen LogP contribution in [0.4, 0.5) is 0 Å². The van der Waals surface area contributed by atoms with Crippen LogP contribution < -0.4 is 11.1 Å². The summed E-state index contributed by atoms with van der Waals surface area (Å²) >= 11 is 0. The van der Waals surface area contributed by atoms with Crippen molar-refractivity contribution in [3.8, 4) is 0 Å². The zero-order chi connectivity index (χ0) is 19.4. The molecule has 0 saturated carbocycles. The summed E-state index contributed by atoms with van der Waals surface area (Å²) in [5.74, 6) is -0.339. The standard InChI is InChI=1S/C20H27N5O2/c1-14(2)25-9-8-18(20(25)27)23-19(26)17(21)10-16-12-24(13-22-16)11-15-6-4-3-5-7-15/h3-7,12-14,17-18H,8-11,21H2,1-2H3,(H,23,26)/t17-,18?/m0/s1. The first-order valence-corrected chi connectivity index (χ1v) is 9.35. The van der Waals surface area contributed by atoms with E-state index in [2.05, 4.69) is 22.4 Å². The average Bonchev–Trinajstić information content (AvgIpc) is 3.22. The Kier molecular flexibility index (Phi) is 5.91. The van der Waals surface area contributed by atoms with Crippen molar-refractivity contribution >= 4 is 11.8 Å². The van der Waals surface area contributed by atoms with E-state index in [9.17, 15) is 9.59 Å². The molecule has 1 aliphatic heterocycles. The Morgan fingerprint density at radius 3 is 2.74 bits per heavy atom. The number of aromatic nitrogens is 2. The van der Waals surface area contributed by atoms with Gasteiger partial charge in [0.1, 0.15) is 6.04 Å². The minimum Gasteiger partial charge on any atom is -0.343 e. The summed E-state index contributed by atoms with van der Waals surface area (Å²) in [6.07, 6.45) is 4.61. The SMILES string of the molecule is CC(C)N1CCC(NC(=O)[C@@H](N)Cc2cn(Cc3ccccc3)cn2)C1=O. The van der Waals surface area contributed by atoms with Crippen LogP contribution in [0.5, 0.6) is 0 Å². The van der Waals surface area contributed by atoms with E-state index in [0.29, 0.717) is 19.4 Å². The number of likely N-dealkylation sites (tertiary alicyclic amines) is 1. The van der Waals surface area contributed by atoms with Gasteiger partial charge >= 0.3 is 0 Å². The van der Waals surface area contributed by atoms with Gasteiger partial charge in [0.05, 0.1) is 18.1 Å². The number of benzene rings is 1. The van der Waals surface area contributed by atoms with Gasteiger partial charge in [0, 0.05) is 31.7 Å². The summed E-state index contributed by atoms with van der Waals surface area (Å²) in [6, 6.07) is 9.02. The summed E-state index contributed by atoms with van der Waals surface area (Å²) in [4.78, 5) is 30.8. The predicted octanol–water partition coefficient (Wildman–Crippen LogP) is 0.927. The topological polar surface area (TPSA) is 93.2 Å². The quantitative estimate of drug-likeness (QED) is 0.759. The van der Waals surface area contributed by atoms with E-state index < -0.39 is 12.1 Å². The molecule has 3 rings (SSSR count). The number of carbonyl (C=O) groups excluding carboxylic acids is 2. The zero-order valence-corrected chi connectivity index (χ0v) is 15.8. The van der Waals surface area contributed by atoms with Crippen LogP contribution in [0.25, 0.3) is 0 Å². The van der Waals surface area contributed by atoms with Crippen LogP contribution in [0.1, 0.15) is 31.5 Å². The van der Waals surface area contributed by atoms with Crippen LogP contribution in [-0.4, -0.2) is 50.9 Å². The molecule has 1 fully saturated rings. The fourth-order valence-electron chi connectivity index (χ4n) is 3.34. The molecule has 1 aromatic heterocycles. The highest BCUT2D eigenvalue weighted by Gasteiger charge is 2.34. The summed E-state index contributed by atoms with van der Waals surface area (Å²) in [7, 11) is 0. The van der Waals surface area contributed by atoms with Gasteiger partial charge in [0.2, 0.25) is 11.8 Å². The molecule has 2 aromatic rings. The Balaban J connectivity index is 1.52. The normalized spacial score (nSPS) is 18.1. The van der Waals surface area contributed by atoms with Gasteiger partial charge in [-0.25, -0.2) is 4.98 Å². The fourth-order valence-corrected chi connectivity index (χ4v) is 3.34. The van der Waals surface area contributed by atoms with Crippen molar-refractivity contribution in [3.63, 3.8) is 0 Å². The van der Waals surface area contributed by atoms with Gasteiger partial charge < -0.3 is 20.5 Å². The van der Waals surface area contributed by atoms with E-state index in [1.165, 1.54) is 5.56 Å². The average molecular weight is 369 g/mol. The maximum atomic E-state index is 12.4. The summed E-state index contributed by atoms with van der Waals surface area (Å²) in [5.41, 5.74) is 7.98. The molecule has 3 N–H and O–H groups in total. The molecule has 0 spiro atoms. The van der Waals surface area contributed by atoms with Crippen LogP contribution in [-0.2, 0) is 22.6 Å². The number of hydrogen-bond acceptors (Lipinski definition) is 4. The minimum absolute atomic E-state index is 0.0299. The zero-order valence-electron chi connectivity index (χ0n) is 15.8. The van der Waals surface area contributed by atoms with Crippen molar-refractivity contribution in [3.05, 3.63) is 54.1 Å². The number of rotatable bonds is 7. The molecule has 2 atom stereocenters. The Bertz CT molecular complexity index is 787. The number of nitrogens with zero attached hydrogens (tertiary/aromatic N) is 3. The molecule has 27 heavy (non-hydrogen) atoms. The van der Waals surface area contributed by atoms with E-state index in [1.54, 1.807) is 11.2 Å². The van der Waals surface area contributed by atoms with Crippen LogP contribution in [0, 0.1) is 0 Å². The molecule has 7 nitrogen and oxygen atoms in total. The number of carbonyl (C=O) groups is 2. The maximum absolute atomic E-state index is 12.4. The van der Waals surface area contributed by atoms with Crippen molar-refractivity contribution in [2.75, 3.05) is 6.54 Å². The molecule has 2 heterocycles. The monoisotopic (exact) mass is 369 g/mol. The smallest absolute Gasteiger partial charge is 0.245 e. The van der Waals surface area contributed by atoms with Gasteiger partial charge in [-0.1, -0.05) is 30.3 Å². The van der Waals surface area contributed by atoms with Crippen LogP contribution >= 0.6 is 0 Å². The van der Waals surface area contributed by atoms with Crippen molar-refractivity contribution in [1.82, 2.24) is 19.8 Å². The molecule has 1 unspecified atom stereocenters. The highest BCUT2D eigenvalue weighted by atomic mass is 16.2. The largest absolute Gasteiger partial charge is 0.343 e. The van der Waals surface area contributed by atoms with Gasteiger partial charge in [-0.3, -0.25) is 9.59 Å². The van der Waals surface area contributed by atoms with E-state index in [0.717, 1.165) is 12.2 Å².